The van der Waals surface area contributed by atoms with Crippen LogP contribution >= 0.6 is 0 Å². The number of hydrogen-bond donors (Lipinski definition) is 2. The molecule has 0 saturated heterocycles. The van der Waals surface area contributed by atoms with Gasteiger partial charge in [-0.2, -0.15) is 20.5 Å². The van der Waals surface area contributed by atoms with Gasteiger partial charge in [-0.15, -0.1) is 0 Å². The molecule has 0 saturated carbocycles. The molecule has 0 aliphatic rings. The van der Waals surface area contributed by atoms with Crippen molar-refractivity contribution in [1.29, 1.82) is 10.5 Å². The molecule has 0 radical (unpaired) electrons. The number of rotatable bonds is 12. The standard InChI is InChI=1S/C31H32N6O3/c1-5-7-23(8-6-2)34-27-17-28(37-31(36-27)35-24-12-9-20(18-32)10-13-24)40-30-26(38-3)16-22-15-21(19-33)11-14-25(22)29(30)39-4/h9-17,23H,5-8H2,1-4H3,(H2,34,35,36,37). The molecule has 4 rings (SSSR count). The van der Waals surface area contributed by atoms with Crippen LogP contribution in [0.25, 0.3) is 10.8 Å². The van der Waals surface area contributed by atoms with Crippen molar-refractivity contribution >= 4 is 28.2 Å². The van der Waals surface area contributed by atoms with Crippen LogP contribution in [0.1, 0.15) is 50.7 Å². The topological polar surface area (TPSA) is 125 Å². The Hall–Kier alpha value is -5.02. The summed E-state index contributed by atoms with van der Waals surface area (Å²) in [6, 6.07) is 20.5. The van der Waals surface area contributed by atoms with Gasteiger partial charge in [0.05, 0.1) is 37.5 Å². The van der Waals surface area contributed by atoms with Crippen molar-refractivity contribution in [3.8, 4) is 35.3 Å². The maximum atomic E-state index is 9.34. The number of nitriles is 2. The predicted molar refractivity (Wildman–Crippen MR) is 156 cm³/mol. The summed E-state index contributed by atoms with van der Waals surface area (Å²) in [5.41, 5.74) is 1.82. The van der Waals surface area contributed by atoms with Gasteiger partial charge in [0.2, 0.25) is 17.6 Å². The molecular weight excluding hydrogens is 504 g/mol. The minimum absolute atomic E-state index is 0.250. The van der Waals surface area contributed by atoms with Gasteiger partial charge in [-0.1, -0.05) is 26.7 Å². The Kier molecular flexibility index (Phi) is 9.22. The first-order chi connectivity index (χ1) is 19.5. The summed E-state index contributed by atoms with van der Waals surface area (Å²) in [4.78, 5) is 9.32. The van der Waals surface area contributed by atoms with Crippen molar-refractivity contribution in [3.05, 3.63) is 65.7 Å². The van der Waals surface area contributed by atoms with Crippen molar-refractivity contribution in [2.24, 2.45) is 0 Å². The number of benzene rings is 3. The molecule has 9 nitrogen and oxygen atoms in total. The summed E-state index contributed by atoms with van der Waals surface area (Å²) in [5.74, 6) is 2.48. The number of aromatic nitrogens is 2. The molecule has 4 aromatic rings. The summed E-state index contributed by atoms with van der Waals surface area (Å²) < 4.78 is 17.8. The summed E-state index contributed by atoms with van der Waals surface area (Å²) in [6.45, 7) is 4.32. The average molecular weight is 537 g/mol. The molecule has 0 fully saturated rings. The molecule has 0 aliphatic carbocycles. The van der Waals surface area contributed by atoms with Crippen LogP contribution in [0.2, 0.25) is 0 Å². The first kappa shape index (κ1) is 28.0. The maximum Gasteiger partial charge on any atom is 0.232 e. The third-order valence-electron chi connectivity index (χ3n) is 6.37. The van der Waals surface area contributed by atoms with Crippen molar-refractivity contribution in [3.63, 3.8) is 0 Å². The fourth-order valence-electron chi connectivity index (χ4n) is 4.51. The van der Waals surface area contributed by atoms with Gasteiger partial charge in [0, 0.05) is 23.2 Å². The fourth-order valence-corrected chi connectivity index (χ4v) is 4.51. The van der Waals surface area contributed by atoms with E-state index in [0.29, 0.717) is 40.1 Å². The molecule has 0 amide bonds. The van der Waals surface area contributed by atoms with Gasteiger partial charge in [-0.05, 0) is 66.8 Å². The lowest BCUT2D eigenvalue weighted by molar-refractivity contribution is 0.345. The zero-order valence-corrected chi connectivity index (χ0v) is 23.1. The minimum Gasteiger partial charge on any atom is -0.493 e. The van der Waals surface area contributed by atoms with Crippen LogP contribution in [-0.2, 0) is 0 Å². The van der Waals surface area contributed by atoms with Crippen molar-refractivity contribution < 1.29 is 14.2 Å². The Balaban J connectivity index is 1.77. The summed E-state index contributed by atoms with van der Waals surface area (Å²) in [5, 5.41) is 26.8. The van der Waals surface area contributed by atoms with Gasteiger partial charge in [-0.25, -0.2) is 0 Å². The number of fused-ring (bicyclic) bond motifs is 1. The van der Waals surface area contributed by atoms with Crippen molar-refractivity contribution in [2.75, 3.05) is 24.9 Å². The molecule has 0 aliphatic heterocycles. The molecule has 1 heterocycles. The number of nitrogens with zero attached hydrogens (tertiary/aromatic N) is 4. The molecule has 9 heteroatoms. The number of hydrogen-bond acceptors (Lipinski definition) is 9. The predicted octanol–water partition coefficient (Wildman–Crippen LogP) is 7.31. The third-order valence-corrected chi connectivity index (χ3v) is 6.37. The lowest BCUT2D eigenvalue weighted by atomic mass is 10.1. The zero-order chi connectivity index (χ0) is 28.5. The van der Waals surface area contributed by atoms with Crippen LogP contribution in [0.15, 0.2) is 54.6 Å². The van der Waals surface area contributed by atoms with E-state index in [9.17, 15) is 5.26 Å². The van der Waals surface area contributed by atoms with Gasteiger partial charge in [0.1, 0.15) is 5.82 Å². The monoisotopic (exact) mass is 536 g/mol. The average Bonchev–Trinajstić information content (AvgIpc) is 2.97. The van der Waals surface area contributed by atoms with E-state index in [4.69, 9.17) is 24.5 Å². The molecule has 0 bridgehead atoms. The number of methoxy groups -OCH3 is 2. The van der Waals surface area contributed by atoms with E-state index in [1.165, 1.54) is 0 Å². The van der Waals surface area contributed by atoms with Crippen LogP contribution in [0.3, 0.4) is 0 Å². The van der Waals surface area contributed by atoms with Gasteiger partial charge < -0.3 is 24.8 Å². The Bertz CT molecular complexity index is 1550. The summed E-state index contributed by atoms with van der Waals surface area (Å²) in [7, 11) is 3.11. The Labute approximate surface area is 234 Å². The summed E-state index contributed by atoms with van der Waals surface area (Å²) >= 11 is 0. The van der Waals surface area contributed by atoms with Gasteiger partial charge in [-0.3, -0.25) is 0 Å². The normalized spacial score (nSPS) is 10.6. The SMILES string of the molecule is CCCC(CCC)Nc1cc(Oc2c(OC)cc3cc(C#N)ccc3c2OC)nc(Nc2ccc(C#N)cc2)n1. The Morgan fingerprint density at radius 2 is 1.52 bits per heavy atom. The highest BCUT2D eigenvalue weighted by Gasteiger charge is 2.20. The molecule has 40 heavy (non-hydrogen) atoms. The van der Waals surface area contributed by atoms with Crippen LogP contribution in [0, 0.1) is 22.7 Å². The fraction of sp³-hybridized carbons (Fsp3) is 0.290. The van der Waals surface area contributed by atoms with Crippen LogP contribution in [0.4, 0.5) is 17.5 Å². The molecule has 2 N–H and O–H groups in total. The number of ether oxygens (including phenoxy) is 3. The Morgan fingerprint density at radius 1 is 0.825 bits per heavy atom. The van der Waals surface area contributed by atoms with Gasteiger partial charge >= 0.3 is 0 Å². The van der Waals surface area contributed by atoms with Crippen LogP contribution in [0.5, 0.6) is 23.1 Å². The second-order valence-electron chi connectivity index (χ2n) is 9.24. The molecule has 0 unspecified atom stereocenters. The largest absolute Gasteiger partial charge is 0.493 e. The highest BCUT2D eigenvalue weighted by molar-refractivity contribution is 5.94. The van der Waals surface area contributed by atoms with E-state index >= 15 is 0 Å². The second kappa shape index (κ2) is 13.2. The van der Waals surface area contributed by atoms with E-state index < -0.39 is 0 Å². The minimum atomic E-state index is 0.250. The first-order valence-electron chi connectivity index (χ1n) is 13.2. The van der Waals surface area contributed by atoms with Crippen LogP contribution < -0.4 is 24.8 Å². The van der Waals surface area contributed by atoms with E-state index in [1.54, 1.807) is 56.7 Å². The highest BCUT2D eigenvalue weighted by Crippen LogP contribution is 2.45. The van der Waals surface area contributed by atoms with E-state index in [-0.39, 0.29) is 11.9 Å². The second-order valence-corrected chi connectivity index (χ2v) is 9.24. The molecule has 1 aromatic heterocycles. The molecule has 0 spiro atoms. The smallest absolute Gasteiger partial charge is 0.232 e. The van der Waals surface area contributed by atoms with Crippen LogP contribution in [-0.4, -0.2) is 30.2 Å². The van der Waals surface area contributed by atoms with Crippen molar-refractivity contribution in [1.82, 2.24) is 9.97 Å². The van der Waals surface area contributed by atoms with E-state index in [0.717, 1.165) is 42.1 Å². The highest BCUT2D eigenvalue weighted by atomic mass is 16.5. The van der Waals surface area contributed by atoms with Gasteiger partial charge in [0.15, 0.2) is 11.5 Å². The van der Waals surface area contributed by atoms with E-state index in [1.807, 2.05) is 12.1 Å². The Morgan fingerprint density at radius 3 is 2.15 bits per heavy atom. The van der Waals surface area contributed by atoms with E-state index in [2.05, 4.69) is 41.6 Å². The number of nitrogens with one attached hydrogen (secondary N) is 2. The zero-order valence-electron chi connectivity index (χ0n) is 23.1. The third kappa shape index (κ3) is 6.51. The summed E-state index contributed by atoms with van der Waals surface area (Å²) in [6.07, 6.45) is 4.09. The quantitative estimate of drug-likeness (QED) is 0.192. The molecule has 0 atom stereocenters. The van der Waals surface area contributed by atoms with Crippen molar-refractivity contribution in [2.45, 2.75) is 45.6 Å². The lowest BCUT2D eigenvalue weighted by Gasteiger charge is -2.20. The molecule has 3 aromatic carbocycles. The first-order valence-corrected chi connectivity index (χ1v) is 13.2. The lowest BCUT2D eigenvalue weighted by Crippen LogP contribution is -2.20. The molecular formula is C31H32N6O3. The maximum absolute atomic E-state index is 9.34. The molecule has 204 valence electrons. The number of anilines is 3. The van der Waals surface area contributed by atoms with Gasteiger partial charge in [0.25, 0.3) is 0 Å².